The summed E-state index contributed by atoms with van der Waals surface area (Å²) in [5.41, 5.74) is -2.38. The van der Waals surface area contributed by atoms with Crippen LogP contribution < -0.4 is 0 Å². The fourth-order valence-electron chi connectivity index (χ4n) is 2.00. The first-order valence-electron chi connectivity index (χ1n) is 6.23. The topological polar surface area (TPSA) is 36.7 Å². The number of rotatable bonds is 2. The van der Waals surface area contributed by atoms with Gasteiger partial charge in [0.25, 0.3) is 0 Å². The number of alkyl halides is 6. The summed E-state index contributed by atoms with van der Waals surface area (Å²) < 4.78 is 76.6. The number of hydrogen-bond acceptors (Lipinski definition) is 2. The predicted octanol–water partition coefficient (Wildman–Crippen LogP) is 4.85. The molecule has 2 rings (SSSR count). The van der Waals surface area contributed by atoms with E-state index in [-0.39, 0.29) is 16.8 Å². The molecule has 0 atom stereocenters. The van der Waals surface area contributed by atoms with Gasteiger partial charge in [-0.25, -0.2) is 0 Å². The zero-order chi connectivity index (χ0) is 17.3. The summed E-state index contributed by atoms with van der Waals surface area (Å²) in [7, 11) is 0. The van der Waals surface area contributed by atoms with E-state index < -0.39 is 29.9 Å². The van der Waals surface area contributed by atoms with E-state index in [0.717, 1.165) is 24.3 Å². The molecule has 0 spiro atoms. The molecule has 0 aliphatic heterocycles. The maximum Gasteiger partial charge on any atom is 0.418 e. The molecule has 0 fully saturated rings. The van der Waals surface area contributed by atoms with Crippen LogP contribution in [0.4, 0.5) is 26.3 Å². The Balaban J connectivity index is 2.54. The summed E-state index contributed by atoms with van der Waals surface area (Å²) >= 11 is 0. The van der Waals surface area contributed by atoms with Gasteiger partial charge in [-0.05, 0) is 23.8 Å². The van der Waals surface area contributed by atoms with E-state index in [1.54, 1.807) is 6.07 Å². The van der Waals surface area contributed by atoms with E-state index in [9.17, 15) is 26.3 Å². The molecule has 2 nitrogen and oxygen atoms in total. The maximum atomic E-state index is 12.8. The van der Waals surface area contributed by atoms with Crippen molar-refractivity contribution in [3.05, 3.63) is 53.2 Å². The standard InChI is InChI=1S/C15H8F6N2/c16-14(17,18)11-3-1-2-10(6-11)13-7-9(4-5-22)12(8-23-13)15(19,20)21/h1-3,6-8H,4H2. The van der Waals surface area contributed by atoms with E-state index in [2.05, 4.69) is 4.98 Å². The predicted molar refractivity (Wildman–Crippen MR) is 69.0 cm³/mol. The monoisotopic (exact) mass is 330 g/mol. The van der Waals surface area contributed by atoms with E-state index in [0.29, 0.717) is 6.20 Å². The van der Waals surface area contributed by atoms with Gasteiger partial charge in [0.15, 0.2) is 0 Å². The van der Waals surface area contributed by atoms with Gasteiger partial charge in [-0.15, -0.1) is 0 Å². The van der Waals surface area contributed by atoms with Crippen LogP contribution in [0.3, 0.4) is 0 Å². The molecule has 0 bridgehead atoms. The third-order valence-electron chi connectivity index (χ3n) is 3.05. The van der Waals surface area contributed by atoms with Crippen molar-refractivity contribution in [3.63, 3.8) is 0 Å². The Kier molecular flexibility index (Phi) is 4.32. The Hall–Kier alpha value is -2.56. The molecule has 8 heteroatoms. The van der Waals surface area contributed by atoms with E-state index in [1.165, 1.54) is 6.07 Å². The third-order valence-corrected chi connectivity index (χ3v) is 3.05. The lowest BCUT2D eigenvalue weighted by atomic mass is 10.0. The van der Waals surface area contributed by atoms with Crippen molar-refractivity contribution >= 4 is 0 Å². The minimum absolute atomic E-state index is 0.0211. The number of pyridine rings is 1. The van der Waals surface area contributed by atoms with Crippen LogP contribution in [0, 0.1) is 11.3 Å². The minimum Gasteiger partial charge on any atom is -0.256 e. The number of aromatic nitrogens is 1. The van der Waals surface area contributed by atoms with E-state index in [1.807, 2.05) is 0 Å². The number of nitrogens with zero attached hydrogens (tertiary/aromatic N) is 2. The van der Waals surface area contributed by atoms with Crippen LogP contribution in [0.1, 0.15) is 16.7 Å². The largest absolute Gasteiger partial charge is 0.418 e. The summed E-state index contributed by atoms with van der Waals surface area (Å²) in [5.74, 6) is 0. The van der Waals surface area contributed by atoms with Crippen molar-refractivity contribution in [2.75, 3.05) is 0 Å². The van der Waals surface area contributed by atoms with Crippen molar-refractivity contribution in [1.29, 1.82) is 5.26 Å². The highest BCUT2D eigenvalue weighted by Gasteiger charge is 2.34. The highest BCUT2D eigenvalue weighted by molar-refractivity contribution is 5.62. The van der Waals surface area contributed by atoms with Crippen molar-refractivity contribution < 1.29 is 26.3 Å². The summed E-state index contributed by atoms with van der Waals surface area (Å²) in [4.78, 5) is 3.58. The molecule has 0 aliphatic rings. The normalized spacial score (nSPS) is 12.0. The third kappa shape index (κ3) is 3.80. The Morgan fingerprint density at radius 3 is 2.26 bits per heavy atom. The molecule has 0 amide bonds. The van der Waals surface area contributed by atoms with Crippen LogP contribution in [-0.4, -0.2) is 4.98 Å². The van der Waals surface area contributed by atoms with Crippen LogP contribution in [-0.2, 0) is 18.8 Å². The van der Waals surface area contributed by atoms with Crippen LogP contribution >= 0.6 is 0 Å². The number of hydrogen-bond donors (Lipinski definition) is 0. The molecule has 1 heterocycles. The molecule has 1 aromatic heterocycles. The lowest BCUT2D eigenvalue weighted by Gasteiger charge is -2.13. The Morgan fingerprint density at radius 2 is 1.70 bits per heavy atom. The summed E-state index contributed by atoms with van der Waals surface area (Å²) in [6, 6.07) is 6.69. The van der Waals surface area contributed by atoms with Gasteiger partial charge in [0.1, 0.15) is 0 Å². The molecular formula is C15H8F6N2. The van der Waals surface area contributed by atoms with Crippen molar-refractivity contribution in [2.45, 2.75) is 18.8 Å². The first kappa shape index (κ1) is 16.8. The van der Waals surface area contributed by atoms with Gasteiger partial charge in [-0.2, -0.15) is 31.6 Å². The van der Waals surface area contributed by atoms with Crippen LogP contribution in [0.5, 0.6) is 0 Å². The maximum absolute atomic E-state index is 12.8. The van der Waals surface area contributed by atoms with Gasteiger partial charge < -0.3 is 0 Å². The number of halogens is 6. The fourth-order valence-corrected chi connectivity index (χ4v) is 2.00. The second-order valence-electron chi connectivity index (χ2n) is 4.64. The average Bonchev–Trinajstić information content (AvgIpc) is 2.45. The summed E-state index contributed by atoms with van der Waals surface area (Å²) in [6.45, 7) is 0. The van der Waals surface area contributed by atoms with Crippen LogP contribution in [0.15, 0.2) is 36.5 Å². The molecule has 0 unspecified atom stereocenters. The van der Waals surface area contributed by atoms with Crippen LogP contribution in [0.25, 0.3) is 11.3 Å². The average molecular weight is 330 g/mol. The van der Waals surface area contributed by atoms with Gasteiger partial charge in [0, 0.05) is 11.8 Å². The Bertz CT molecular complexity index is 756. The molecule has 2 aromatic rings. The highest BCUT2D eigenvalue weighted by atomic mass is 19.4. The quantitative estimate of drug-likeness (QED) is 0.738. The lowest BCUT2D eigenvalue weighted by Crippen LogP contribution is -2.10. The molecule has 0 saturated carbocycles. The molecular weight excluding hydrogens is 322 g/mol. The van der Waals surface area contributed by atoms with E-state index >= 15 is 0 Å². The second kappa shape index (κ2) is 5.91. The van der Waals surface area contributed by atoms with Crippen LogP contribution in [0.2, 0.25) is 0 Å². The SMILES string of the molecule is N#CCc1cc(-c2cccc(C(F)(F)F)c2)ncc1C(F)(F)F. The Labute approximate surface area is 127 Å². The molecule has 23 heavy (non-hydrogen) atoms. The van der Waals surface area contributed by atoms with Gasteiger partial charge in [-0.3, -0.25) is 4.98 Å². The second-order valence-corrected chi connectivity index (χ2v) is 4.64. The van der Waals surface area contributed by atoms with Gasteiger partial charge in [0.05, 0.1) is 29.3 Å². The Morgan fingerprint density at radius 1 is 1.00 bits per heavy atom. The molecule has 0 saturated heterocycles. The van der Waals surface area contributed by atoms with Gasteiger partial charge >= 0.3 is 12.4 Å². The lowest BCUT2D eigenvalue weighted by molar-refractivity contribution is -0.138. The highest BCUT2D eigenvalue weighted by Crippen LogP contribution is 2.35. The van der Waals surface area contributed by atoms with Gasteiger partial charge in [-0.1, -0.05) is 12.1 Å². The number of benzene rings is 1. The fraction of sp³-hybridized carbons (Fsp3) is 0.200. The van der Waals surface area contributed by atoms with Crippen molar-refractivity contribution in [1.82, 2.24) is 4.98 Å². The number of nitriles is 1. The first-order valence-corrected chi connectivity index (χ1v) is 6.23. The molecule has 0 radical (unpaired) electrons. The molecule has 120 valence electrons. The van der Waals surface area contributed by atoms with Crippen molar-refractivity contribution in [3.8, 4) is 17.3 Å². The first-order chi connectivity index (χ1) is 10.6. The van der Waals surface area contributed by atoms with Gasteiger partial charge in [0.2, 0.25) is 0 Å². The zero-order valence-corrected chi connectivity index (χ0v) is 11.3. The zero-order valence-electron chi connectivity index (χ0n) is 11.3. The molecule has 0 aliphatic carbocycles. The van der Waals surface area contributed by atoms with E-state index in [4.69, 9.17) is 5.26 Å². The molecule has 0 N–H and O–H groups in total. The molecule has 1 aromatic carbocycles. The minimum atomic E-state index is -4.69. The summed E-state index contributed by atoms with van der Waals surface area (Å²) in [5, 5.41) is 8.64. The summed E-state index contributed by atoms with van der Waals surface area (Å²) in [6.07, 6.45) is -9.26. The smallest absolute Gasteiger partial charge is 0.256 e. The van der Waals surface area contributed by atoms with Crippen molar-refractivity contribution in [2.24, 2.45) is 0 Å².